The van der Waals surface area contributed by atoms with Crippen LogP contribution in [0.5, 0.6) is 0 Å². The molecule has 0 unspecified atom stereocenters. The summed E-state index contributed by atoms with van der Waals surface area (Å²) in [5.74, 6) is 0.552. The van der Waals surface area contributed by atoms with Crippen molar-refractivity contribution in [2.45, 2.75) is 0 Å². The molecule has 0 aliphatic carbocycles. The molecule has 0 saturated carbocycles. The molecule has 0 amide bonds. The zero-order valence-corrected chi connectivity index (χ0v) is 22.7. The molecular formula is C34H22Cl2N2O2. The summed E-state index contributed by atoms with van der Waals surface area (Å²) in [5.41, 5.74) is 6.56. The van der Waals surface area contributed by atoms with E-state index in [0.717, 1.165) is 39.3 Å². The van der Waals surface area contributed by atoms with Gasteiger partial charge in [0, 0.05) is 16.7 Å². The fraction of sp³-hybridized carbons (Fsp3) is 0. The van der Waals surface area contributed by atoms with E-state index in [4.69, 9.17) is 32.7 Å². The van der Waals surface area contributed by atoms with Crippen LogP contribution >= 0.6 is 23.2 Å². The van der Waals surface area contributed by atoms with Gasteiger partial charge in [0.05, 0.1) is 27.1 Å². The second kappa shape index (κ2) is 11.2. The quantitative estimate of drug-likeness (QED) is 0.144. The molecule has 0 saturated heterocycles. The van der Waals surface area contributed by atoms with Crippen LogP contribution in [0.2, 0.25) is 10.0 Å². The van der Waals surface area contributed by atoms with Crippen molar-refractivity contribution < 1.29 is 9.21 Å². The van der Waals surface area contributed by atoms with Gasteiger partial charge in [0.2, 0.25) is 5.78 Å². The molecule has 6 aromatic rings. The van der Waals surface area contributed by atoms with Crippen molar-refractivity contribution in [3.05, 3.63) is 149 Å². The molecule has 0 radical (unpaired) electrons. The lowest BCUT2D eigenvalue weighted by molar-refractivity contribution is 0.102. The average molecular weight is 561 g/mol. The van der Waals surface area contributed by atoms with E-state index in [1.165, 1.54) is 6.08 Å². The molecule has 4 nitrogen and oxygen atoms in total. The highest BCUT2D eigenvalue weighted by molar-refractivity contribution is 6.42. The third-order valence-electron chi connectivity index (χ3n) is 6.47. The van der Waals surface area contributed by atoms with Crippen molar-refractivity contribution in [1.82, 2.24) is 9.78 Å². The van der Waals surface area contributed by atoms with E-state index < -0.39 is 0 Å². The minimum Gasteiger partial charge on any atom is -0.453 e. The lowest BCUT2D eigenvalue weighted by Gasteiger charge is -2.08. The normalized spacial score (nSPS) is 11.2. The van der Waals surface area contributed by atoms with Crippen molar-refractivity contribution in [2.24, 2.45) is 0 Å². The highest BCUT2D eigenvalue weighted by Crippen LogP contribution is 2.31. The number of hydrogen-bond acceptors (Lipinski definition) is 3. The zero-order valence-electron chi connectivity index (χ0n) is 21.2. The molecule has 0 spiro atoms. The number of ketones is 1. The Morgan fingerprint density at radius 1 is 0.700 bits per heavy atom. The van der Waals surface area contributed by atoms with E-state index in [1.54, 1.807) is 36.4 Å². The summed E-state index contributed by atoms with van der Waals surface area (Å²) in [6.45, 7) is 0. The Kier molecular flexibility index (Phi) is 7.19. The van der Waals surface area contributed by atoms with Crippen LogP contribution in [0.25, 0.3) is 45.6 Å². The predicted molar refractivity (Wildman–Crippen MR) is 162 cm³/mol. The molecule has 4 aromatic carbocycles. The van der Waals surface area contributed by atoms with Gasteiger partial charge in [0.15, 0.2) is 5.76 Å². The number of furan rings is 1. The highest BCUT2D eigenvalue weighted by atomic mass is 35.5. The third-order valence-corrected chi connectivity index (χ3v) is 7.21. The number of benzene rings is 4. The number of carbonyl (C=O) groups is 1. The van der Waals surface area contributed by atoms with Crippen molar-refractivity contribution in [2.75, 3.05) is 0 Å². The first-order valence-electron chi connectivity index (χ1n) is 12.6. The Morgan fingerprint density at radius 2 is 1.40 bits per heavy atom. The van der Waals surface area contributed by atoms with E-state index in [2.05, 4.69) is 30.3 Å². The molecule has 0 N–H and O–H groups in total. The maximum Gasteiger partial charge on any atom is 0.221 e. The lowest BCUT2D eigenvalue weighted by atomic mass is 10.1. The molecule has 0 atom stereocenters. The van der Waals surface area contributed by atoms with Gasteiger partial charge in [-0.2, -0.15) is 5.10 Å². The molecule has 6 heteroatoms. The van der Waals surface area contributed by atoms with Crippen LogP contribution in [0.1, 0.15) is 16.1 Å². The van der Waals surface area contributed by atoms with Crippen LogP contribution in [-0.2, 0) is 0 Å². The number of hydrogen-bond donors (Lipinski definition) is 0. The number of rotatable bonds is 7. The summed E-state index contributed by atoms with van der Waals surface area (Å²) in [5, 5.41) is 5.81. The Labute approximate surface area is 241 Å². The van der Waals surface area contributed by atoms with Gasteiger partial charge in [-0.1, -0.05) is 102 Å². The van der Waals surface area contributed by atoms with Crippen molar-refractivity contribution in [3.63, 3.8) is 0 Å². The van der Waals surface area contributed by atoms with E-state index in [9.17, 15) is 4.79 Å². The summed E-state index contributed by atoms with van der Waals surface area (Å²) in [7, 11) is 0. The number of carbonyl (C=O) groups excluding carboxylic acids is 1. The van der Waals surface area contributed by atoms with Gasteiger partial charge < -0.3 is 4.42 Å². The van der Waals surface area contributed by atoms with E-state index in [-0.39, 0.29) is 11.5 Å². The van der Waals surface area contributed by atoms with Crippen LogP contribution < -0.4 is 0 Å². The van der Waals surface area contributed by atoms with Crippen LogP contribution in [0.4, 0.5) is 0 Å². The SMILES string of the molecule is O=C(/C=C/c1ccc(-n2nc(-c3ccccc3)cc2-c2ccccc2)cc1)c1ccc(-c2ccc(Cl)c(Cl)c2)o1. The monoisotopic (exact) mass is 560 g/mol. The minimum atomic E-state index is -0.235. The lowest BCUT2D eigenvalue weighted by Crippen LogP contribution is -1.99. The van der Waals surface area contributed by atoms with Gasteiger partial charge in [-0.15, -0.1) is 0 Å². The second-order valence-corrected chi connectivity index (χ2v) is 9.95. The molecule has 0 aliphatic heterocycles. The molecule has 2 heterocycles. The smallest absolute Gasteiger partial charge is 0.221 e. The fourth-order valence-corrected chi connectivity index (χ4v) is 4.70. The topological polar surface area (TPSA) is 48.0 Å². The molecule has 194 valence electrons. The van der Waals surface area contributed by atoms with E-state index in [1.807, 2.05) is 65.3 Å². The Hall–Kier alpha value is -4.64. The maximum absolute atomic E-state index is 12.8. The summed E-state index contributed by atoms with van der Waals surface area (Å²) in [6.07, 6.45) is 3.27. The minimum absolute atomic E-state index is 0.235. The Bertz CT molecular complexity index is 1820. The van der Waals surface area contributed by atoms with E-state index in [0.29, 0.717) is 15.8 Å². The molecular weight excluding hydrogens is 539 g/mol. The van der Waals surface area contributed by atoms with Gasteiger partial charge in [0.1, 0.15) is 5.76 Å². The van der Waals surface area contributed by atoms with Crippen LogP contribution in [0.3, 0.4) is 0 Å². The van der Waals surface area contributed by atoms with Gasteiger partial charge in [-0.05, 0) is 60.2 Å². The van der Waals surface area contributed by atoms with Crippen LogP contribution in [-0.4, -0.2) is 15.6 Å². The van der Waals surface area contributed by atoms with E-state index >= 15 is 0 Å². The van der Waals surface area contributed by atoms with Gasteiger partial charge in [0.25, 0.3) is 0 Å². The number of allylic oxidation sites excluding steroid dienone is 1. The number of nitrogens with zero attached hydrogens (tertiary/aromatic N) is 2. The standard InChI is InChI=1S/C34H22Cl2N2O2/c35-28-17-14-26(21-29(28)36)33-19-20-34(40-33)32(39)18-13-23-11-15-27(16-12-23)38-31(25-9-5-2-6-10-25)22-30(37-38)24-7-3-1-4-8-24/h1-22H/b18-13+. The van der Waals surface area contributed by atoms with Crippen LogP contribution in [0, 0.1) is 0 Å². The molecule has 0 aliphatic rings. The molecule has 0 bridgehead atoms. The van der Waals surface area contributed by atoms with Crippen molar-refractivity contribution in [1.29, 1.82) is 0 Å². The number of halogens is 2. The predicted octanol–water partition coefficient (Wildman–Crippen LogP) is 9.67. The second-order valence-electron chi connectivity index (χ2n) is 9.14. The van der Waals surface area contributed by atoms with Crippen molar-refractivity contribution >= 4 is 35.1 Å². The molecule has 0 fully saturated rings. The Morgan fingerprint density at radius 3 is 2.10 bits per heavy atom. The van der Waals surface area contributed by atoms with Crippen LogP contribution in [0.15, 0.2) is 132 Å². The highest BCUT2D eigenvalue weighted by Gasteiger charge is 2.14. The van der Waals surface area contributed by atoms with Gasteiger partial charge >= 0.3 is 0 Å². The first-order valence-corrected chi connectivity index (χ1v) is 13.4. The molecule has 2 aromatic heterocycles. The largest absolute Gasteiger partial charge is 0.453 e. The molecule has 6 rings (SSSR count). The van der Waals surface area contributed by atoms with Crippen molar-refractivity contribution in [3.8, 4) is 39.5 Å². The maximum atomic E-state index is 12.8. The molecule has 40 heavy (non-hydrogen) atoms. The van der Waals surface area contributed by atoms with Gasteiger partial charge in [-0.3, -0.25) is 4.79 Å². The zero-order chi connectivity index (χ0) is 27.5. The summed E-state index contributed by atoms with van der Waals surface area (Å²) < 4.78 is 7.72. The van der Waals surface area contributed by atoms with Gasteiger partial charge in [-0.25, -0.2) is 4.68 Å². The summed E-state index contributed by atoms with van der Waals surface area (Å²) >= 11 is 12.1. The third kappa shape index (κ3) is 5.41. The average Bonchev–Trinajstić information content (AvgIpc) is 3.67. The number of aromatic nitrogens is 2. The fourth-order valence-electron chi connectivity index (χ4n) is 4.40. The summed E-state index contributed by atoms with van der Waals surface area (Å²) in [6, 6.07) is 38.9. The Balaban J connectivity index is 1.23. The summed E-state index contributed by atoms with van der Waals surface area (Å²) in [4.78, 5) is 12.8. The first-order chi connectivity index (χ1) is 19.5. The first kappa shape index (κ1) is 25.6.